The highest BCUT2D eigenvalue weighted by molar-refractivity contribution is 5.79. The van der Waals surface area contributed by atoms with E-state index in [1.165, 1.54) is 0 Å². The molecule has 4 heteroatoms. The molecule has 0 aliphatic carbocycles. The van der Waals surface area contributed by atoms with Crippen LogP contribution < -0.4 is 11.3 Å². The minimum absolute atomic E-state index is 0.0168. The Morgan fingerprint density at radius 3 is 2.41 bits per heavy atom. The molecule has 1 atom stereocenters. The molecule has 0 aliphatic heterocycles. The molecule has 0 saturated carbocycles. The van der Waals surface area contributed by atoms with Gasteiger partial charge in [-0.15, -0.1) is 0 Å². The van der Waals surface area contributed by atoms with Gasteiger partial charge >= 0.3 is 0 Å². The lowest BCUT2D eigenvalue weighted by Gasteiger charge is -2.11. The first-order chi connectivity index (χ1) is 7.93. The molecule has 0 radical (unpaired) electrons. The molecule has 2 aromatic rings. The molecule has 2 N–H and O–H groups in total. The molecule has 17 heavy (non-hydrogen) atoms. The van der Waals surface area contributed by atoms with Gasteiger partial charge in [0, 0.05) is 19.1 Å². The van der Waals surface area contributed by atoms with Crippen LogP contribution in [0.5, 0.6) is 0 Å². The van der Waals surface area contributed by atoms with E-state index in [0.29, 0.717) is 0 Å². The van der Waals surface area contributed by atoms with Gasteiger partial charge in [0.2, 0.25) is 0 Å². The number of nitrogens with zero attached hydrogens (tertiary/aromatic N) is 2. The van der Waals surface area contributed by atoms with Gasteiger partial charge in [-0.2, -0.15) is 0 Å². The van der Waals surface area contributed by atoms with Gasteiger partial charge in [0.05, 0.1) is 10.9 Å². The van der Waals surface area contributed by atoms with Crippen LogP contribution in [0.15, 0.2) is 23.0 Å². The highest BCUT2D eigenvalue weighted by Crippen LogP contribution is 2.18. The number of aryl methyl sites for hydroxylation is 1. The fourth-order valence-corrected chi connectivity index (χ4v) is 2.24. The van der Waals surface area contributed by atoms with Gasteiger partial charge in [-0.05, 0) is 38.5 Å². The summed E-state index contributed by atoms with van der Waals surface area (Å²) in [7, 11) is 1.91. The van der Waals surface area contributed by atoms with Crippen LogP contribution in [0.3, 0.4) is 0 Å². The molecule has 0 fully saturated rings. The topological polar surface area (TPSA) is 53.0 Å². The SMILES string of the molecule is CC(N)c1ccc2c(=O)n(C(C)C)n(C)c2c1. The minimum atomic E-state index is -0.0168. The second-order valence-corrected chi connectivity index (χ2v) is 4.83. The smallest absolute Gasteiger partial charge is 0.274 e. The predicted molar refractivity (Wildman–Crippen MR) is 70.2 cm³/mol. The van der Waals surface area contributed by atoms with Crippen molar-refractivity contribution in [3.63, 3.8) is 0 Å². The Balaban J connectivity index is 2.80. The summed E-state index contributed by atoms with van der Waals surface area (Å²) >= 11 is 0. The van der Waals surface area contributed by atoms with E-state index < -0.39 is 0 Å². The number of fused-ring (bicyclic) bond motifs is 1. The van der Waals surface area contributed by atoms with Crippen molar-refractivity contribution in [3.05, 3.63) is 34.1 Å². The summed E-state index contributed by atoms with van der Waals surface area (Å²) in [6.07, 6.45) is 0. The summed E-state index contributed by atoms with van der Waals surface area (Å²) in [6.45, 7) is 5.96. The monoisotopic (exact) mass is 233 g/mol. The Labute approximate surface area is 101 Å². The van der Waals surface area contributed by atoms with Gasteiger partial charge in [-0.3, -0.25) is 9.48 Å². The molecule has 4 nitrogen and oxygen atoms in total. The van der Waals surface area contributed by atoms with Crippen LogP contribution in [0.2, 0.25) is 0 Å². The Hall–Kier alpha value is -1.55. The first kappa shape index (κ1) is 11.9. The minimum Gasteiger partial charge on any atom is -0.324 e. The van der Waals surface area contributed by atoms with Gasteiger partial charge in [0.15, 0.2) is 0 Å². The quantitative estimate of drug-likeness (QED) is 0.861. The lowest BCUT2D eigenvalue weighted by Crippen LogP contribution is -2.23. The normalized spacial score (nSPS) is 13.5. The van der Waals surface area contributed by atoms with Crippen molar-refractivity contribution in [2.45, 2.75) is 32.9 Å². The number of hydrogen-bond acceptors (Lipinski definition) is 2. The summed E-state index contributed by atoms with van der Waals surface area (Å²) in [5, 5.41) is 0.755. The Bertz CT molecular complexity index is 605. The van der Waals surface area contributed by atoms with Gasteiger partial charge in [0.25, 0.3) is 5.56 Å². The van der Waals surface area contributed by atoms with E-state index in [9.17, 15) is 4.79 Å². The molecule has 92 valence electrons. The van der Waals surface area contributed by atoms with Crippen LogP contribution in [0, 0.1) is 0 Å². The third kappa shape index (κ3) is 1.78. The number of nitrogens with two attached hydrogens (primary N) is 1. The second-order valence-electron chi connectivity index (χ2n) is 4.83. The molecule has 1 unspecified atom stereocenters. The lowest BCUT2D eigenvalue weighted by atomic mass is 10.1. The summed E-state index contributed by atoms with van der Waals surface area (Å²) in [5.74, 6) is 0. The molecule has 0 spiro atoms. The number of rotatable bonds is 2. The van der Waals surface area contributed by atoms with Crippen molar-refractivity contribution in [1.29, 1.82) is 0 Å². The van der Waals surface area contributed by atoms with Gasteiger partial charge < -0.3 is 5.73 Å². The molecule has 1 aromatic heterocycles. The van der Waals surface area contributed by atoms with Crippen LogP contribution in [-0.4, -0.2) is 9.36 Å². The second kappa shape index (κ2) is 4.04. The predicted octanol–water partition coefficient (Wildman–Crippen LogP) is 1.94. The Morgan fingerprint density at radius 1 is 1.24 bits per heavy atom. The van der Waals surface area contributed by atoms with E-state index in [4.69, 9.17) is 5.73 Å². The largest absolute Gasteiger partial charge is 0.324 e. The highest BCUT2D eigenvalue weighted by atomic mass is 16.1. The lowest BCUT2D eigenvalue weighted by molar-refractivity contribution is 0.447. The molecule has 1 aromatic carbocycles. The average Bonchev–Trinajstić information content (AvgIpc) is 2.51. The van der Waals surface area contributed by atoms with E-state index in [2.05, 4.69) is 0 Å². The van der Waals surface area contributed by atoms with Crippen molar-refractivity contribution >= 4 is 10.9 Å². The van der Waals surface area contributed by atoms with Crippen LogP contribution in [0.1, 0.15) is 38.4 Å². The Kier molecular flexibility index (Phi) is 2.83. The van der Waals surface area contributed by atoms with Crippen molar-refractivity contribution in [3.8, 4) is 0 Å². The van der Waals surface area contributed by atoms with E-state index in [1.54, 1.807) is 4.68 Å². The van der Waals surface area contributed by atoms with Crippen LogP contribution in [-0.2, 0) is 7.05 Å². The van der Waals surface area contributed by atoms with Gasteiger partial charge in [-0.25, -0.2) is 4.68 Å². The molecule has 0 amide bonds. The molecular weight excluding hydrogens is 214 g/mol. The number of benzene rings is 1. The molecule has 1 heterocycles. The van der Waals surface area contributed by atoms with Crippen molar-refractivity contribution in [1.82, 2.24) is 9.36 Å². The maximum Gasteiger partial charge on any atom is 0.274 e. The van der Waals surface area contributed by atoms with E-state index in [-0.39, 0.29) is 17.6 Å². The van der Waals surface area contributed by atoms with E-state index in [1.807, 2.05) is 50.7 Å². The van der Waals surface area contributed by atoms with E-state index >= 15 is 0 Å². The molecule has 0 aliphatic rings. The summed E-state index contributed by atoms with van der Waals surface area (Å²) in [5.41, 5.74) is 7.92. The number of hydrogen-bond donors (Lipinski definition) is 1. The zero-order chi connectivity index (χ0) is 12.7. The maximum absolute atomic E-state index is 12.2. The van der Waals surface area contributed by atoms with Crippen molar-refractivity contribution in [2.24, 2.45) is 12.8 Å². The third-order valence-electron chi connectivity index (χ3n) is 3.15. The summed E-state index contributed by atoms with van der Waals surface area (Å²) < 4.78 is 3.67. The van der Waals surface area contributed by atoms with Crippen LogP contribution in [0.25, 0.3) is 10.9 Å². The van der Waals surface area contributed by atoms with E-state index in [0.717, 1.165) is 16.5 Å². The van der Waals surface area contributed by atoms with Crippen LogP contribution >= 0.6 is 0 Å². The first-order valence-electron chi connectivity index (χ1n) is 5.90. The molecule has 0 saturated heterocycles. The van der Waals surface area contributed by atoms with Crippen LogP contribution in [0.4, 0.5) is 0 Å². The fourth-order valence-electron chi connectivity index (χ4n) is 2.24. The highest BCUT2D eigenvalue weighted by Gasteiger charge is 2.13. The average molecular weight is 233 g/mol. The standard InChI is InChI=1S/C13H19N3O/c1-8(2)16-13(17)11-6-5-10(9(3)14)7-12(11)15(16)4/h5-9H,14H2,1-4H3. The fraction of sp³-hybridized carbons (Fsp3) is 0.462. The summed E-state index contributed by atoms with van der Waals surface area (Å²) in [4.78, 5) is 12.2. The number of aromatic nitrogens is 2. The first-order valence-corrected chi connectivity index (χ1v) is 5.90. The zero-order valence-corrected chi connectivity index (χ0v) is 10.8. The van der Waals surface area contributed by atoms with Crippen molar-refractivity contribution in [2.75, 3.05) is 0 Å². The third-order valence-corrected chi connectivity index (χ3v) is 3.15. The zero-order valence-electron chi connectivity index (χ0n) is 10.8. The van der Waals surface area contributed by atoms with Gasteiger partial charge in [-0.1, -0.05) is 6.07 Å². The summed E-state index contributed by atoms with van der Waals surface area (Å²) in [6, 6.07) is 5.93. The Morgan fingerprint density at radius 2 is 1.88 bits per heavy atom. The molecular formula is C13H19N3O. The molecule has 0 bridgehead atoms. The molecule has 2 rings (SSSR count). The maximum atomic E-state index is 12.2. The van der Waals surface area contributed by atoms with Crippen molar-refractivity contribution < 1.29 is 0 Å². The van der Waals surface area contributed by atoms with Gasteiger partial charge in [0.1, 0.15) is 0 Å².